The minimum atomic E-state index is -4.89. The minimum absolute atomic E-state index is 0.0386. The molecule has 0 unspecified atom stereocenters. The molecule has 58 heavy (non-hydrogen) atoms. The molecule has 0 heterocycles. The molecule has 12 nitrogen and oxygen atoms in total. The summed E-state index contributed by atoms with van der Waals surface area (Å²) in [6.45, 7) is 3.20. The Hall–Kier alpha value is -2.51. The number of phosphoric acid groups is 1. The van der Waals surface area contributed by atoms with E-state index in [2.05, 4.69) is 42.7 Å². The molecule has 14 heteroatoms. The van der Waals surface area contributed by atoms with Crippen LogP contribution in [0.2, 0.25) is 0 Å². The highest BCUT2D eigenvalue weighted by Gasteiger charge is 2.26. The Morgan fingerprint density at radius 3 is 1.91 bits per heavy atom. The number of rotatable bonds is 39. The molecule has 0 saturated heterocycles. The zero-order valence-corrected chi connectivity index (χ0v) is 37.1. The summed E-state index contributed by atoms with van der Waals surface area (Å²) in [7, 11) is -4.89. The third-order valence-electron chi connectivity index (χ3n) is 9.01. The van der Waals surface area contributed by atoms with E-state index in [1.54, 1.807) is 12.2 Å². The highest BCUT2D eigenvalue weighted by atomic mass is 32.2. The van der Waals surface area contributed by atoms with Crippen molar-refractivity contribution in [2.45, 2.75) is 179 Å². The van der Waals surface area contributed by atoms with E-state index in [1.807, 2.05) is 24.3 Å². The molecule has 0 bridgehead atoms. The monoisotopic (exact) mass is 857 g/mol. The Balaban J connectivity index is 4.86. The smallest absolute Gasteiger partial charge is 0.469 e. The minimum Gasteiger partial charge on any atom is -0.481 e. The van der Waals surface area contributed by atoms with Gasteiger partial charge in [0.1, 0.15) is 12.6 Å². The first-order chi connectivity index (χ1) is 27.9. The van der Waals surface area contributed by atoms with Crippen molar-refractivity contribution in [1.82, 2.24) is 0 Å². The molecule has 0 aromatic heterocycles. The van der Waals surface area contributed by atoms with E-state index in [9.17, 15) is 33.8 Å². The third-order valence-corrected chi connectivity index (χ3v) is 10.9. The fourth-order valence-electron chi connectivity index (χ4n) is 5.63. The van der Waals surface area contributed by atoms with Crippen LogP contribution in [0.5, 0.6) is 0 Å². The Labute approximate surface area is 353 Å². The van der Waals surface area contributed by atoms with Crippen LogP contribution in [-0.2, 0) is 32.9 Å². The Morgan fingerprint density at radius 1 is 0.707 bits per heavy atom. The average molecular weight is 858 g/mol. The number of hydrogen-bond acceptors (Lipinski definition) is 10. The van der Waals surface area contributed by atoms with Crippen LogP contribution >= 0.6 is 19.6 Å². The maximum Gasteiger partial charge on any atom is 0.469 e. The fraction of sp³-hybridized carbons (Fsp3) is 0.705. The van der Waals surface area contributed by atoms with Crippen molar-refractivity contribution < 1.29 is 52.9 Å². The number of carboxylic acid groups (broad SMARTS) is 1. The molecule has 0 aliphatic rings. The lowest BCUT2D eigenvalue weighted by Crippen LogP contribution is -2.38. The molecule has 0 spiro atoms. The number of aliphatic hydroxyl groups is 1. The van der Waals surface area contributed by atoms with Crippen molar-refractivity contribution in [2.24, 2.45) is 5.73 Å². The van der Waals surface area contributed by atoms with Crippen LogP contribution in [0.4, 0.5) is 0 Å². The van der Waals surface area contributed by atoms with E-state index in [-0.39, 0.29) is 31.4 Å². The second-order valence-corrected chi connectivity index (χ2v) is 17.0. The largest absolute Gasteiger partial charge is 0.481 e. The second kappa shape index (κ2) is 38.7. The summed E-state index contributed by atoms with van der Waals surface area (Å²) in [4.78, 5) is 54.7. The number of ether oxygens (including phenoxy) is 2. The van der Waals surface area contributed by atoms with E-state index in [1.165, 1.54) is 69.5 Å². The van der Waals surface area contributed by atoms with E-state index in [0.717, 1.165) is 51.4 Å². The van der Waals surface area contributed by atoms with Gasteiger partial charge in [-0.3, -0.25) is 18.9 Å². The van der Waals surface area contributed by atoms with E-state index >= 15 is 0 Å². The number of phosphoric ester groups is 1. The molecule has 0 amide bonds. The number of aliphatic carboxylic acids is 1. The number of aliphatic hydroxyl groups excluding tert-OH is 1. The van der Waals surface area contributed by atoms with Crippen LogP contribution in [-0.4, -0.2) is 80.4 Å². The zero-order chi connectivity index (χ0) is 43.1. The van der Waals surface area contributed by atoms with E-state index in [0.29, 0.717) is 6.42 Å². The number of allylic oxidation sites excluding steroid dienone is 9. The second-order valence-electron chi connectivity index (χ2n) is 14.5. The lowest BCUT2D eigenvalue weighted by atomic mass is 10.1. The van der Waals surface area contributed by atoms with Crippen molar-refractivity contribution in [3.63, 3.8) is 0 Å². The van der Waals surface area contributed by atoms with Crippen LogP contribution in [0.1, 0.15) is 155 Å². The molecule has 0 aliphatic carbocycles. The molecular formula is C44H76NO11PS. The number of esters is 2. The van der Waals surface area contributed by atoms with Crippen molar-refractivity contribution in [3.8, 4) is 0 Å². The van der Waals surface area contributed by atoms with Crippen LogP contribution in [0.25, 0.3) is 0 Å². The molecular weight excluding hydrogens is 782 g/mol. The fourth-order valence-corrected chi connectivity index (χ4v) is 7.12. The molecule has 0 aromatic carbocycles. The van der Waals surface area contributed by atoms with Crippen molar-refractivity contribution >= 4 is 37.5 Å². The topological polar surface area (TPSA) is 203 Å². The Kier molecular flexibility index (Phi) is 37.0. The number of thioether (sulfide) groups is 1. The van der Waals surface area contributed by atoms with Crippen LogP contribution in [0.15, 0.2) is 60.8 Å². The highest BCUT2D eigenvalue weighted by molar-refractivity contribution is 8.00. The molecule has 6 N–H and O–H groups in total. The van der Waals surface area contributed by atoms with Gasteiger partial charge >= 0.3 is 25.7 Å². The SMILES string of the molecule is CCCCC/C=C\C\C=C/C=C/C=C/[C@@H](SC[C@H](N)C(=O)OC[C@H](COP(=O)(O)O)OC(=O)CCCCCCC/C=C\CCCCCCCC)[C@@H](O)CCCC(=O)O. The lowest BCUT2D eigenvalue weighted by molar-refractivity contribution is -0.161. The van der Waals surface area contributed by atoms with Gasteiger partial charge in [0.15, 0.2) is 6.10 Å². The third kappa shape index (κ3) is 37.7. The molecule has 0 fully saturated rings. The Bertz CT molecular complexity index is 1250. The first-order valence-electron chi connectivity index (χ1n) is 21.5. The van der Waals surface area contributed by atoms with Gasteiger partial charge in [-0.15, -0.1) is 11.8 Å². The summed E-state index contributed by atoms with van der Waals surface area (Å²) in [6, 6.07) is -1.14. The lowest BCUT2D eigenvalue weighted by Gasteiger charge is -2.22. The number of carboxylic acids is 1. The van der Waals surface area contributed by atoms with Crippen molar-refractivity contribution in [1.29, 1.82) is 0 Å². The van der Waals surface area contributed by atoms with Gasteiger partial charge in [-0.25, -0.2) is 4.57 Å². The molecule has 0 radical (unpaired) electrons. The summed E-state index contributed by atoms with van der Waals surface area (Å²) in [5.41, 5.74) is 6.10. The number of nitrogens with two attached hydrogens (primary N) is 1. The van der Waals surface area contributed by atoms with Crippen LogP contribution in [0, 0.1) is 0 Å². The maximum absolute atomic E-state index is 12.8. The van der Waals surface area contributed by atoms with Gasteiger partial charge in [0.2, 0.25) is 0 Å². The van der Waals surface area contributed by atoms with Gasteiger partial charge < -0.3 is 35.2 Å². The molecule has 0 rings (SSSR count). The van der Waals surface area contributed by atoms with Gasteiger partial charge in [0, 0.05) is 23.8 Å². The van der Waals surface area contributed by atoms with Crippen LogP contribution in [0.3, 0.4) is 0 Å². The number of carbonyl (C=O) groups excluding carboxylic acids is 2. The average Bonchev–Trinajstić information content (AvgIpc) is 3.18. The number of carbonyl (C=O) groups is 3. The first kappa shape index (κ1) is 55.5. The van der Waals surface area contributed by atoms with Gasteiger partial charge in [-0.2, -0.15) is 0 Å². The quantitative estimate of drug-likeness (QED) is 0.0129. The van der Waals surface area contributed by atoms with Gasteiger partial charge in [-0.05, 0) is 64.2 Å². The molecule has 0 aromatic rings. The van der Waals surface area contributed by atoms with Crippen LogP contribution < -0.4 is 5.73 Å². The standard InChI is InChI=1S/C44H76NO11PS/c1-3-5-7-9-11-13-15-17-18-19-21-23-25-27-29-34-43(49)56-38(36-55-57(51,52)53)35-54-44(50)39(45)37-58-41(40(46)31-30-33-42(47)48)32-28-26-24-22-20-16-14-12-10-8-6-4-2/h12,14,17-18,20,22,24,26,28,32,38-41,46H,3-11,13,15-16,19,21,23,25,27,29-31,33-37,45H2,1-2H3,(H,47,48)(H2,51,52,53)/b14-12-,18-17-,22-20-,26-24+,32-28+/t38-,39+,40+,41-/m1/s1. The van der Waals surface area contributed by atoms with Gasteiger partial charge in [0.05, 0.1) is 12.7 Å². The normalized spacial score (nSPS) is 14.6. The number of unbranched alkanes of at least 4 members (excludes halogenated alkanes) is 14. The maximum atomic E-state index is 12.8. The van der Waals surface area contributed by atoms with Gasteiger partial charge in [-0.1, -0.05) is 139 Å². The molecule has 4 atom stereocenters. The zero-order valence-electron chi connectivity index (χ0n) is 35.3. The van der Waals surface area contributed by atoms with Crippen molar-refractivity contribution in [2.75, 3.05) is 19.0 Å². The molecule has 0 saturated carbocycles. The Morgan fingerprint density at radius 2 is 1.28 bits per heavy atom. The van der Waals surface area contributed by atoms with E-state index in [4.69, 9.17) is 20.3 Å². The summed E-state index contributed by atoms with van der Waals surface area (Å²) < 4.78 is 26.5. The summed E-state index contributed by atoms with van der Waals surface area (Å²) in [5, 5.41) is 19.3. The van der Waals surface area contributed by atoms with E-state index < -0.39 is 62.4 Å². The van der Waals surface area contributed by atoms with Crippen molar-refractivity contribution in [3.05, 3.63) is 60.8 Å². The molecule has 334 valence electrons. The predicted octanol–water partition coefficient (Wildman–Crippen LogP) is 9.83. The first-order valence-corrected chi connectivity index (χ1v) is 24.1. The summed E-state index contributed by atoms with van der Waals surface area (Å²) in [6.07, 6.45) is 38.4. The summed E-state index contributed by atoms with van der Waals surface area (Å²) >= 11 is 1.20. The number of hydrogen-bond donors (Lipinski definition) is 5. The highest BCUT2D eigenvalue weighted by Crippen LogP contribution is 2.36. The molecule has 0 aliphatic heterocycles. The van der Waals surface area contributed by atoms with Gasteiger partial charge in [0.25, 0.3) is 0 Å². The summed E-state index contributed by atoms with van der Waals surface area (Å²) in [5.74, 6) is -2.36. The predicted molar refractivity (Wildman–Crippen MR) is 235 cm³/mol.